The van der Waals surface area contributed by atoms with Gasteiger partial charge in [0.2, 0.25) is 0 Å². The molecule has 0 spiro atoms. The van der Waals surface area contributed by atoms with Gasteiger partial charge in [-0.25, -0.2) is 9.97 Å². The second-order valence-electron chi connectivity index (χ2n) is 5.23. The van der Waals surface area contributed by atoms with Crippen LogP contribution in [0.2, 0.25) is 0 Å². The number of aliphatic hydroxyl groups is 1. The number of aliphatic hydroxyl groups excluding tert-OH is 1. The van der Waals surface area contributed by atoms with Crippen LogP contribution in [-0.4, -0.2) is 47.1 Å². The summed E-state index contributed by atoms with van der Waals surface area (Å²) in [5.74, 6) is 2.29. The molecule has 0 radical (unpaired) electrons. The van der Waals surface area contributed by atoms with Gasteiger partial charge >= 0.3 is 0 Å². The fourth-order valence-electron chi connectivity index (χ4n) is 2.57. The molecule has 1 aliphatic rings. The Morgan fingerprint density at radius 3 is 2.95 bits per heavy atom. The van der Waals surface area contributed by atoms with Gasteiger partial charge in [-0.2, -0.15) is 0 Å². The third-order valence-corrected chi connectivity index (χ3v) is 4.34. The summed E-state index contributed by atoms with van der Waals surface area (Å²) in [4.78, 5) is 11.3. The maximum Gasteiger partial charge on any atom is 0.191 e. The molecule has 5 nitrogen and oxygen atoms in total. The van der Waals surface area contributed by atoms with Gasteiger partial charge in [-0.15, -0.1) is 0 Å². The molecule has 20 heavy (non-hydrogen) atoms. The average Bonchev–Trinajstić information content (AvgIpc) is 2.85. The molecule has 1 aromatic heterocycles. The molecule has 0 aliphatic carbocycles. The van der Waals surface area contributed by atoms with Crippen LogP contribution in [0.1, 0.15) is 26.7 Å². The molecule has 1 aromatic rings. The van der Waals surface area contributed by atoms with Crippen molar-refractivity contribution in [1.82, 2.24) is 9.97 Å². The Morgan fingerprint density at radius 1 is 1.50 bits per heavy atom. The van der Waals surface area contributed by atoms with Crippen molar-refractivity contribution in [3.8, 4) is 0 Å². The van der Waals surface area contributed by atoms with E-state index in [0.29, 0.717) is 5.92 Å². The average molecular weight is 296 g/mol. The molecule has 2 heterocycles. The molecular formula is C14H24N4OS. The SMILES string of the molecule is CCCNc1cc(N2CCC(C)C2CO)nc(SC)n1. The zero-order chi connectivity index (χ0) is 14.5. The van der Waals surface area contributed by atoms with Crippen LogP contribution in [0.4, 0.5) is 11.6 Å². The number of rotatable bonds is 6. The summed E-state index contributed by atoms with van der Waals surface area (Å²) in [6.45, 7) is 6.36. The Labute approximate surface area is 125 Å². The number of nitrogens with one attached hydrogen (secondary N) is 1. The van der Waals surface area contributed by atoms with Crippen LogP contribution < -0.4 is 10.2 Å². The highest BCUT2D eigenvalue weighted by Gasteiger charge is 2.31. The molecule has 1 saturated heterocycles. The van der Waals surface area contributed by atoms with Gasteiger partial charge in [0.15, 0.2) is 5.16 Å². The molecular weight excluding hydrogens is 272 g/mol. The first-order valence-electron chi connectivity index (χ1n) is 7.24. The zero-order valence-electron chi connectivity index (χ0n) is 12.5. The minimum atomic E-state index is 0.165. The molecule has 0 bridgehead atoms. The van der Waals surface area contributed by atoms with Gasteiger partial charge in [0.05, 0.1) is 12.6 Å². The Bertz CT molecular complexity index is 443. The van der Waals surface area contributed by atoms with Crippen molar-refractivity contribution in [2.75, 3.05) is 36.2 Å². The highest BCUT2D eigenvalue weighted by atomic mass is 32.2. The van der Waals surface area contributed by atoms with Gasteiger partial charge in [-0.05, 0) is 25.0 Å². The predicted octanol–water partition coefficient (Wildman–Crippen LogP) is 2.23. The van der Waals surface area contributed by atoms with E-state index in [1.54, 1.807) is 11.8 Å². The summed E-state index contributed by atoms with van der Waals surface area (Å²) in [6, 6.07) is 2.16. The van der Waals surface area contributed by atoms with Crippen molar-refractivity contribution in [2.45, 2.75) is 37.9 Å². The van der Waals surface area contributed by atoms with Gasteiger partial charge in [0, 0.05) is 19.2 Å². The van der Waals surface area contributed by atoms with Crippen LogP contribution in [0.15, 0.2) is 11.2 Å². The van der Waals surface area contributed by atoms with E-state index >= 15 is 0 Å². The van der Waals surface area contributed by atoms with E-state index in [2.05, 4.69) is 34.0 Å². The number of hydrogen-bond acceptors (Lipinski definition) is 6. The van der Waals surface area contributed by atoms with E-state index in [4.69, 9.17) is 0 Å². The molecule has 2 N–H and O–H groups in total. The first-order chi connectivity index (χ1) is 9.69. The quantitative estimate of drug-likeness (QED) is 0.620. The lowest BCUT2D eigenvalue weighted by Crippen LogP contribution is -2.35. The summed E-state index contributed by atoms with van der Waals surface area (Å²) in [7, 11) is 0. The fourth-order valence-corrected chi connectivity index (χ4v) is 2.94. The van der Waals surface area contributed by atoms with E-state index in [1.165, 1.54) is 0 Å². The molecule has 2 rings (SSSR count). The lowest BCUT2D eigenvalue weighted by Gasteiger charge is -2.26. The minimum absolute atomic E-state index is 0.165. The van der Waals surface area contributed by atoms with Crippen molar-refractivity contribution in [1.29, 1.82) is 0 Å². The highest BCUT2D eigenvalue weighted by molar-refractivity contribution is 7.98. The molecule has 1 fully saturated rings. The van der Waals surface area contributed by atoms with Gasteiger partial charge in [0.1, 0.15) is 11.6 Å². The monoisotopic (exact) mass is 296 g/mol. The molecule has 2 atom stereocenters. The highest BCUT2D eigenvalue weighted by Crippen LogP contribution is 2.30. The lowest BCUT2D eigenvalue weighted by molar-refractivity contribution is 0.244. The van der Waals surface area contributed by atoms with E-state index in [9.17, 15) is 5.11 Å². The second-order valence-corrected chi connectivity index (χ2v) is 6.01. The zero-order valence-corrected chi connectivity index (χ0v) is 13.3. The molecule has 0 amide bonds. The van der Waals surface area contributed by atoms with Crippen LogP contribution in [0.5, 0.6) is 0 Å². The summed E-state index contributed by atoms with van der Waals surface area (Å²) < 4.78 is 0. The standard InChI is InChI=1S/C14H24N4OS/c1-4-6-15-12-8-13(17-14(16-12)20-3)18-7-5-10(2)11(18)9-19/h8,10-11,19H,4-7,9H2,1-3H3,(H,15,16,17). The van der Waals surface area contributed by atoms with Crippen LogP contribution >= 0.6 is 11.8 Å². The number of nitrogens with zero attached hydrogens (tertiary/aromatic N) is 3. The summed E-state index contributed by atoms with van der Waals surface area (Å²) in [5, 5.41) is 13.7. The third kappa shape index (κ3) is 3.35. The van der Waals surface area contributed by atoms with Crippen molar-refractivity contribution < 1.29 is 5.11 Å². The Hall–Kier alpha value is -1.01. The van der Waals surface area contributed by atoms with Crippen LogP contribution in [0, 0.1) is 5.92 Å². The normalized spacial score (nSPS) is 22.3. The van der Waals surface area contributed by atoms with Gasteiger partial charge in [0.25, 0.3) is 0 Å². The van der Waals surface area contributed by atoms with Crippen molar-refractivity contribution in [3.05, 3.63) is 6.07 Å². The van der Waals surface area contributed by atoms with Crippen LogP contribution in [-0.2, 0) is 0 Å². The van der Waals surface area contributed by atoms with Crippen molar-refractivity contribution >= 4 is 23.4 Å². The number of thioether (sulfide) groups is 1. The first kappa shape index (κ1) is 15.4. The van der Waals surface area contributed by atoms with E-state index in [1.807, 2.05) is 12.3 Å². The molecule has 0 saturated carbocycles. The molecule has 1 aliphatic heterocycles. The van der Waals surface area contributed by atoms with Gasteiger partial charge < -0.3 is 15.3 Å². The smallest absolute Gasteiger partial charge is 0.191 e. The Kier molecular flexibility index (Phi) is 5.48. The molecule has 112 valence electrons. The second kappa shape index (κ2) is 7.13. The van der Waals surface area contributed by atoms with Crippen LogP contribution in [0.25, 0.3) is 0 Å². The minimum Gasteiger partial charge on any atom is -0.394 e. The fraction of sp³-hybridized carbons (Fsp3) is 0.714. The largest absolute Gasteiger partial charge is 0.394 e. The topological polar surface area (TPSA) is 61.3 Å². The lowest BCUT2D eigenvalue weighted by atomic mass is 10.0. The first-order valence-corrected chi connectivity index (χ1v) is 8.46. The summed E-state index contributed by atoms with van der Waals surface area (Å²) in [6.07, 6.45) is 4.15. The van der Waals surface area contributed by atoms with E-state index in [0.717, 1.165) is 42.7 Å². The molecule has 0 aromatic carbocycles. The predicted molar refractivity (Wildman–Crippen MR) is 84.6 cm³/mol. The van der Waals surface area contributed by atoms with Crippen molar-refractivity contribution in [3.63, 3.8) is 0 Å². The maximum absolute atomic E-state index is 9.60. The number of aromatic nitrogens is 2. The van der Waals surface area contributed by atoms with Gasteiger partial charge in [-0.3, -0.25) is 0 Å². The summed E-state index contributed by atoms with van der Waals surface area (Å²) >= 11 is 1.55. The van der Waals surface area contributed by atoms with E-state index < -0.39 is 0 Å². The van der Waals surface area contributed by atoms with E-state index in [-0.39, 0.29) is 12.6 Å². The van der Waals surface area contributed by atoms with Gasteiger partial charge in [-0.1, -0.05) is 25.6 Å². The molecule has 6 heteroatoms. The maximum atomic E-state index is 9.60. The Morgan fingerprint density at radius 2 is 2.30 bits per heavy atom. The number of hydrogen-bond donors (Lipinski definition) is 2. The molecule has 2 unspecified atom stereocenters. The Balaban J connectivity index is 2.25. The number of anilines is 2. The summed E-state index contributed by atoms with van der Waals surface area (Å²) in [5.41, 5.74) is 0. The van der Waals surface area contributed by atoms with Crippen molar-refractivity contribution in [2.24, 2.45) is 5.92 Å². The third-order valence-electron chi connectivity index (χ3n) is 3.79. The van der Waals surface area contributed by atoms with Crippen LogP contribution in [0.3, 0.4) is 0 Å².